The van der Waals surface area contributed by atoms with Crippen LogP contribution >= 0.6 is 0 Å². The molecule has 0 aliphatic carbocycles. The molecule has 162 valence electrons. The number of benzene rings is 1. The summed E-state index contributed by atoms with van der Waals surface area (Å²) in [6.45, 7) is -1.05. The van der Waals surface area contributed by atoms with Crippen molar-refractivity contribution in [2.75, 3.05) is 32.0 Å². The van der Waals surface area contributed by atoms with Crippen molar-refractivity contribution in [1.29, 1.82) is 0 Å². The topological polar surface area (TPSA) is 89.7 Å². The maximum absolute atomic E-state index is 12.7. The van der Waals surface area contributed by atoms with E-state index in [0.29, 0.717) is 31.3 Å². The number of unbranched alkanes of at least 4 members (excludes halogenated alkanes) is 2. The first-order chi connectivity index (χ1) is 13.7. The van der Waals surface area contributed by atoms with Crippen molar-refractivity contribution in [3.8, 4) is 5.75 Å². The van der Waals surface area contributed by atoms with Crippen molar-refractivity contribution in [3.05, 3.63) is 36.2 Å². The number of rotatable bonds is 11. The third-order valence-electron chi connectivity index (χ3n) is 4.52. The van der Waals surface area contributed by atoms with Gasteiger partial charge in [0.15, 0.2) is 9.84 Å². The predicted octanol–water partition coefficient (Wildman–Crippen LogP) is 2.69. The van der Waals surface area contributed by atoms with E-state index in [4.69, 9.17) is 10.5 Å². The van der Waals surface area contributed by atoms with Gasteiger partial charge in [-0.2, -0.15) is 0 Å². The average Bonchev–Trinajstić information content (AvgIpc) is 2.66. The Balaban J connectivity index is 1.71. The summed E-state index contributed by atoms with van der Waals surface area (Å²) in [7, 11) is -3.49. The van der Waals surface area contributed by atoms with Gasteiger partial charge in [0.25, 0.3) is 5.92 Å². The number of sulfone groups is 1. The molecule has 1 amide bonds. The standard InChI is InChI=1S/C19H25F3N2O4S/c20-10-15(11-23)12-28-16-5-7-17(8-6-16)29(26,27)9-3-1-2-4-18(25)24-13-19(21,22)14-24/h5-8,10H,1-4,9,11-14,23H2/b15-10+. The molecule has 6 nitrogen and oxygen atoms in total. The highest BCUT2D eigenvalue weighted by Gasteiger charge is 2.45. The lowest BCUT2D eigenvalue weighted by atomic mass is 10.1. The van der Waals surface area contributed by atoms with Crippen LogP contribution < -0.4 is 10.5 Å². The number of ether oxygens (including phenoxy) is 1. The van der Waals surface area contributed by atoms with Gasteiger partial charge in [0, 0.05) is 18.5 Å². The highest BCUT2D eigenvalue weighted by atomic mass is 32.2. The van der Waals surface area contributed by atoms with E-state index >= 15 is 0 Å². The minimum Gasteiger partial charge on any atom is -0.489 e. The molecule has 29 heavy (non-hydrogen) atoms. The number of alkyl halides is 2. The van der Waals surface area contributed by atoms with E-state index in [1.165, 1.54) is 24.3 Å². The van der Waals surface area contributed by atoms with Crippen molar-refractivity contribution in [3.63, 3.8) is 0 Å². The molecule has 1 aliphatic heterocycles. The van der Waals surface area contributed by atoms with Gasteiger partial charge in [-0.1, -0.05) is 6.42 Å². The SMILES string of the molecule is NC/C(=C\F)COc1ccc(S(=O)(=O)CCCCCC(=O)N2CC(F)(F)C2)cc1. The van der Waals surface area contributed by atoms with Gasteiger partial charge in [0.2, 0.25) is 5.91 Å². The zero-order chi connectivity index (χ0) is 21.5. The van der Waals surface area contributed by atoms with E-state index in [1.54, 1.807) is 0 Å². The van der Waals surface area contributed by atoms with Crippen LogP contribution in [0.15, 0.2) is 41.1 Å². The number of hydrogen-bond donors (Lipinski definition) is 1. The molecule has 1 saturated heterocycles. The summed E-state index contributed by atoms with van der Waals surface area (Å²) in [5.41, 5.74) is 5.61. The van der Waals surface area contributed by atoms with Gasteiger partial charge >= 0.3 is 0 Å². The van der Waals surface area contributed by atoms with Crippen molar-refractivity contribution < 1.29 is 31.1 Å². The summed E-state index contributed by atoms with van der Waals surface area (Å²) in [4.78, 5) is 12.9. The summed E-state index contributed by atoms with van der Waals surface area (Å²) >= 11 is 0. The minimum absolute atomic E-state index is 0.0209. The van der Waals surface area contributed by atoms with Crippen LogP contribution in [0, 0.1) is 0 Å². The Morgan fingerprint density at radius 3 is 2.38 bits per heavy atom. The van der Waals surface area contributed by atoms with Crippen LogP contribution in [0.1, 0.15) is 25.7 Å². The van der Waals surface area contributed by atoms with Crippen LogP contribution in [0.25, 0.3) is 0 Å². The molecule has 0 atom stereocenters. The zero-order valence-electron chi connectivity index (χ0n) is 16.0. The van der Waals surface area contributed by atoms with Gasteiger partial charge in [-0.25, -0.2) is 21.6 Å². The Bertz CT molecular complexity index is 818. The number of likely N-dealkylation sites (tertiary alicyclic amines) is 1. The summed E-state index contributed by atoms with van der Waals surface area (Å²) in [6, 6.07) is 5.81. The number of carbonyl (C=O) groups is 1. The summed E-state index contributed by atoms with van der Waals surface area (Å²) in [6.07, 6.45) is 1.85. The quantitative estimate of drug-likeness (QED) is 0.541. The first kappa shape index (κ1) is 23.2. The van der Waals surface area contributed by atoms with Gasteiger partial charge in [-0.15, -0.1) is 0 Å². The maximum Gasteiger partial charge on any atom is 0.282 e. The van der Waals surface area contributed by atoms with E-state index in [2.05, 4.69) is 0 Å². The smallest absolute Gasteiger partial charge is 0.282 e. The Kier molecular flexibility index (Phi) is 8.09. The molecule has 1 heterocycles. The minimum atomic E-state index is -3.49. The molecule has 10 heteroatoms. The monoisotopic (exact) mass is 434 g/mol. The van der Waals surface area contributed by atoms with E-state index in [0.717, 1.165) is 4.90 Å². The molecule has 1 aromatic rings. The first-order valence-electron chi connectivity index (χ1n) is 9.26. The highest BCUT2D eigenvalue weighted by Crippen LogP contribution is 2.27. The number of nitrogens with zero attached hydrogens (tertiary/aromatic N) is 1. The largest absolute Gasteiger partial charge is 0.489 e. The van der Waals surface area contributed by atoms with Crippen LogP contribution in [0.2, 0.25) is 0 Å². The Labute approximate surface area is 168 Å². The second-order valence-electron chi connectivity index (χ2n) is 6.97. The molecule has 0 bridgehead atoms. The van der Waals surface area contributed by atoms with Gasteiger partial charge in [-0.05, 0) is 37.1 Å². The normalized spacial score (nSPS) is 16.4. The second kappa shape index (κ2) is 10.1. The number of carbonyl (C=O) groups excluding carboxylic acids is 1. The molecule has 1 fully saturated rings. The fraction of sp³-hybridized carbons (Fsp3) is 0.526. The Morgan fingerprint density at radius 2 is 1.83 bits per heavy atom. The molecule has 2 rings (SSSR count). The number of halogens is 3. The number of hydrogen-bond acceptors (Lipinski definition) is 5. The predicted molar refractivity (Wildman–Crippen MR) is 102 cm³/mol. The number of nitrogens with two attached hydrogens (primary N) is 1. The lowest BCUT2D eigenvalue weighted by Crippen LogP contribution is -2.58. The van der Waals surface area contributed by atoms with Crippen LogP contribution in [0.3, 0.4) is 0 Å². The van der Waals surface area contributed by atoms with Crippen LogP contribution in [0.5, 0.6) is 5.75 Å². The molecule has 0 unspecified atom stereocenters. The van der Waals surface area contributed by atoms with Crippen LogP contribution in [0.4, 0.5) is 13.2 Å². The van der Waals surface area contributed by atoms with Gasteiger partial charge in [0.1, 0.15) is 12.4 Å². The second-order valence-corrected chi connectivity index (χ2v) is 9.08. The van der Waals surface area contributed by atoms with Crippen molar-refractivity contribution >= 4 is 15.7 Å². The van der Waals surface area contributed by atoms with E-state index < -0.39 is 28.8 Å². The molecule has 0 spiro atoms. The van der Waals surface area contributed by atoms with Crippen LogP contribution in [-0.2, 0) is 14.6 Å². The molecule has 0 aromatic heterocycles. The summed E-state index contributed by atoms with van der Waals surface area (Å²) in [5, 5.41) is 0. The fourth-order valence-corrected chi connectivity index (χ4v) is 4.13. The Morgan fingerprint density at radius 1 is 1.17 bits per heavy atom. The molecule has 1 aromatic carbocycles. The fourth-order valence-electron chi connectivity index (χ4n) is 2.76. The molecular formula is C19H25F3N2O4S. The number of amides is 1. The Hall–Kier alpha value is -2.07. The van der Waals surface area contributed by atoms with Crippen molar-refractivity contribution in [2.24, 2.45) is 5.73 Å². The van der Waals surface area contributed by atoms with Gasteiger partial charge in [-0.3, -0.25) is 4.79 Å². The van der Waals surface area contributed by atoms with Gasteiger partial charge in [0.05, 0.1) is 30.1 Å². The molecular weight excluding hydrogens is 409 g/mol. The van der Waals surface area contributed by atoms with Crippen molar-refractivity contribution in [1.82, 2.24) is 4.90 Å². The lowest BCUT2D eigenvalue weighted by Gasteiger charge is -2.38. The van der Waals surface area contributed by atoms with E-state index in [1.807, 2.05) is 0 Å². The average molecular weight is 434 g/mol. The van der Waals surface area contributed by atoms with E-state index in [9.17, 15) is 26.4 Å². The third-order valence-corrected chi connectivity index (χ3v) is 6.34. The first-order valence-corrected chi connectivity index (χ1v) is 10.9. The molecule has 0 radical (unpaired) electrons. The summed E-state index contributed by atoms with van der Waals surface area (Å²) in [5.74, 6) is -2.78. The third kappa shape index (κ3) is 7.04. The van der Waals surface area contributed by atoms with Gasteiger partial charge < -0.3 is 15.4 Å². The summed E-state index contributed by atoms with van der Waals surface area (Å²) < 4.78 is 67.9. The lowest BCUT2D eigenvalue weighted by molar-refractivity contribution is -0.165. The van der Waals surface area contributed by atoms with Crippen LogP contribution in [-0.4, -0.2) is 57.1 Å². The maximum atomic E-state index is 12.7. The highest BCUT2D eigenvalue weighted by molar-refractivity contribution is 7.91. The van der Waals surface area contributed by atoms with E-state index in [-0.39, 0.29) is 41.7 Å². The van der Waals surface area contributed by atoms with Crippen molar-refractivity contribution in [2.45, 2.75) is 36.5 Å². The zero-order valence-corrected chi connectivity index (χ0v) is 16.8. The molecule has 2 N–H and O–H groups in total. The molecule has 1 aliphatic rings. The molecule has 0 saturated carbocycles.